The predicted octanol–water partition coefficient (Wildman–Crippen LogP) is -6.62. The van der Waals surface area contributed by atoms with Crippen molar-refractivity contribution >= 4 is 76.4 Å². The Bertz CT molecular complexity index is 2070. The van der Waals surface area contributed by atoms with Crippen LogP contribution in [0.25, 0.3) is 10.9 Å². The van der Waals surface area contributed by atoms with Gasteiger partial charge in [0.15, 0.2) is 0 Å². The molecule has 1 fully saturated rings. The summed E-state index contributed by atoms with van der Waals surface area (Å²) in [6.45, 7) is 1.48. The molecular formula is C39H57N12O13+. The van der Waals surface area contributed by atoms with E-state index in [9.17, 15) is 63.3 Å². The highest BCUT2D eigenvalue weighted by Gasteiger charge is 2.38. The standard InChI is InChI=1S/C39H56N12O13/c1-19(53)32(38(64)51-13-5-6-21(51)18-52)50-35(61)26(10-11-30(55)56)47-37(63)28(16-31(57)58)49-36(62)27(14-20-17-45-24-8-3-2-7-22(20)24)48-34(60)25(9-4-12-44-39(42)43)46-33(59)23(40)15-29(41)54/h2-3,7-8,17-19,21,23,25-28,32,45,53H,4-6,9-16,40H2,1H3,(H2,41,54)(H,46,59)(H,47,63)(H,48,60)(H,49,62)(H,50,61)(H,55,56)(H,57,58)(H4,42,43,44)/p+1/t19-,21+,23+,25+,26+,27+,28+,32+/m1/s1. The summed E-state index contributed by atoms with van der Waals surface area (Å²) in [6.07, 6.45) is -1.74. The van der Waals surface area contributed by atoms with Crippen LogP contribution in [0.5, 0.6) is 0 Å². The van der Waals surface area contributed by atoms with E-state index in [-0.39, 0.29) is 38.3 Å². The number of nitrogens with two attached hydrogens (primary N) is 4. The SMILES string of the molecule is C[C@@H](O)[C@H](NC(=O)[C@H](CCC(=O)O)NC(=O)[C@H](CC(=O)O)NC(=O)[C@H](Cc1c[nH]c2ccccc12)NC(=O)[C@H](CCC[NH+]=C(N)N)NC(=O)[C@@H](N)CC(N)=O)C(=O)N1CCC[C@H]1C=O. The van der Waals surface area contributed by atoms with E-state index in [4.69, 9.17) is 22.9 Å². The van der Waals surface area contributed by atoms with Gasteiger partial charge in [-0.3, -0.25) is 59.6 Å². The molecule has 1 aromatic heterocycles. The first-order chi connectivity index (χ1) is 30.2. The highest BCUT2D eigenvalue weighted by Crippen LogP contribution is 2.20. The van der Waals surface area contributed by atoms with Crippen LogP contribution in [0.2, 0.25) is 0 Å². The van der Waals surface area contributed by atoms with Crippen molar-refractivity contribution in [2.45, 2.75) is 113 Å². The molecule has 0 unspecified atom stereocenters. The van der Waals surface area contributed by atoms with E-state index in [1.165, 1.54) is 11.8 Å². The molecule has 1 saturated heterocycles. The Morgan fingerprint density at radius 2 is 1.42 bits per heavy atom. The van der Waals surface area contributed by atoms with Crippen molar-refractivity contribution in [3.05, 3.63) is 36.0 Å². The van der Waals surface area contributed by atoms with Gasteiger partial charge in [0.25, 0.3) is 0 Å². The molecule has 0 aliphatic carbocycles. The number of carboxylic acids is 2. The average Bonchev–Trinajstić information content (AvgIpc) is 3.88. The number of para-hydroxylation sites is 1. The maximum Gasteiger partial charge on any atom is 0.338 e. The van der Waals surface area contributed by atoms with Crippen LogP contribution in [0, 0.1) is 0 Å². The number of aliphatic hydroxyl groups excluding tert-OH is 1. The molecule has 7 amide bonds. The van der Waals surface area contributed by atoms with Gasteiger partial charge in [-0.1, -0.05) is 18.2 Å². The maximum atomic E-state index is 14.2. The number of carbonyl (C=O) groups is 10. The average molecular weight is 902 g/mol. The number of H-pyrrole nitrogens is 1. The third-order valence-corrected chi connectivity index (χ3v) is 10.2. The molecule has 18 N–H and O–H groups in total. The van der Waals surface area contributed by atoms with Crippen LogP contribution in [0.1, 0.15) is 63.9 Å². The highest BCUT2D eigenvalue weighted by atomic mass is 16.4. The molecule has 1 aliphatic rings. The lowest BCUT2D eigenvalue weighted by Gasteiger charge is -2.30. The number of likely N-dealkylation sites (tertiary alicyclic amines) is 1. The minimum Gasteiger partial charge on any atom is -0.481 e. The number of rotatable bonds is 26. The predicted molar refractivity (Wildman–Crippen MR) is 223 cm³/mol. The minimum atomic E-state index is -1.97. The van der Waals surface area contributed by atoms with E-state index in [2.05, 4.69) is 36.6 Å². The van der Waals surface area contributed by atoms with Gasteiger partial charge < -0.3 is 68.0 Å². The topological polar surface area (TPSA) is 429 Å². The van der Waals surface area contributed by atoms with E-state index in [1.807, 2.05) is 0 Å². The monoisotopic (exact) mass is 901 g/mol. The zero-order valence-corrected chi connectivity index (χ0v) is 35.0. The van der Waals surface area contributed by atoms with Crippen LogP contribution in [0.3, 0.4) is 0 Å². The number of aldehydes is 1. The largest absolute Gasteiger partial charge is 0.481 e. The molecule has 25 nitrogen and oxygen atoms in total. The van der Waals surface area contributed by atoms with Gasteiger partial charge in [-0.2, -0.15) is 0 Å². The van der Waals surface area contributed by atoms with Crippen molar-refractivity contribution in [2.75, 3.05) is 13.1 Å². The fraction of sp³-hybridized carbons (Fsp3) is 0.513. The molecule has 8 atom stereocenters. The Kier molecular flexibility index (Phi) is 19.6. The molecule has 0 bridgehead atoms. The number of hydrogen-bond donors (Lipinski definition) is 14. The summed E-state index contributed by atoms with van der Waals surface area (Å²) < 4.78 is 0. The number of fused-ring (bicyclic) bond motifs is 1. The molecule has 2 heterocycles. The van der Waals surface area contributed by atoms with Gasteiger partial charge in [0.1, 0.15) is 36.5 Å². The molecule has 2 aromatic rings. The highest BCUT2D eigenvalue weighted by molar-refractivity contribution is 5.99. The van der Waals surface area contributed by atoms with Gasteiger partial charge in [0, 0.05) is 36.5 Å². The Morgan fingerprint density at radius 1 is 0.828 bits per heavy atom. The lowest BCUT2D eigenvalue weighted by atomic mass is 10.0. The molecule has 0 spiro atoms. The third-order valence-electron chi connectivity index (χ3n) is 10.2. The van der Waals surface area contributed by atoms with Gasteiger partial charge in [-0.05, 0) is 50.7 Å². The Labute approximate surface area is 365 Å². The summed E-state index contributed by atoms with van der Waals surface area (Å²) in [5.41, 5.74) is 23.0. The van der Waals surface area contributed by atoms with Crippen LogP contribution >= 0.6 is 0 Å². The van der Waals surface area contributed by atoms with Crippen molar-refractivity contribution in [2.24, 2.45) is 22.9 Å². The van der Waals surface area contributed by atoms with Crippen LogP contribution in [-0.2, 0) is 54.4 Å². The van der Waals surface area contributed by atoms with Crippen molar-refractivity contribution < 1.29 is 68.3 Å². The minimum absolute atomic E-state index is 0.0936. The summed E-state index contributed by atoms with van der Waals surface area (Å²) in [4.78, 5) is 135. The molecule has 0 saturated carbocycles. The summed E-state index contributed by atoms with van der Waals surface area (Å²) in [5.74, 6) is -10.2. The summed E-state index contributed by atoms with van der Waals surface area (Å²) in [7, 11) is 0. The number of benzene rings is 1. The second kappa shape index (κ2) is 24.5. The van der Waals surface area contributed by atoms with Crippen LogP contribution in [0.4, 0.5) is 0 Å². The second-order valence-electron chi connectivity index (χ2n) is 15.2. The number of nitrogens with one attached hydrogen (secondary N) is 7. The normalized spacial score (nSPS) is 16.7. The van der Waals surface area contributed by atoms with Crippen molar-refractivity contribution in [3.63, 3.8) is 0 Å². The van der Waals surface area contributed by atoms with E-state index in [0.717, 1.165) is 0 Å². The summed E-state index contributed by atoms with van der Waals surface area (Å²) in [5, 5.41) is 42.1. The second-order valence-corrected chi connectivity index (χ2v) is 15.2. The summed E-state index contributed by atoms with van der Waals surface area (Å²) >= 11 is 0. The Hall–Kier alpha value is -7.15. The molecule has 3 rings (SSSR count). The number of guanidine groups is 1. The van der Waals surface area contributed by atoms with Gasteiger partial charge in [-0.25, -0.2) is 0 Å². The number of primary amides is 1. The van der Waals surface area contributed by atoms with E-state index in [1.54, 1.807) is 30.5 Å². The number of aliphatic hydroxyl groups is 1. The molecule has 1 aromatic carbocycles. The molecule has 350 valence electrons. The van der Waals surface area contributed by atoms with Crippen LogP contribution < -0.4 is 54.5 Å². The first kappa shape index (κ1) is 51.2. The lowest BCUT2D eigenvalue weighted by molar-refractivity contribution is -0.459. The van der Waals surface area contributed by atoms with E-state index in [0.29, 0.717) is 35.6 Å². The number of hydrogen-bond acceptors (Lipinski definition) is 12. The summed E-state index contributed by atoms with van der Waals surface area (Å²) in [6, 6.07) is -3.70. The molecular weight excluding hydrogens is 844 g/mol. The van der Waals surface area contributed by atoms with Gasteiger partial charge in [0.2, 0.25) is 41.4 Å². The number of aliphatic carboxylic acids is 2. The number of aromatic nitrogens is 1. The molecule has 1 aliphatic heterocycles. The van der Waals surface area contributed by atoms with E-state index < -0.39 is 127 Å². The van der Waals surface area contributed by atoms with Crippen LogP contribution in [-0.4, -0.2) is 152 Å². The van der Waals surface area contributed by atoms with Crippen LogP contribution in [0.15, 0.2) is 30.5 Å². The quantitative estimate of drug-likeness (QED) is 0.0181. The van der Waals surface area contributed by atoms with Crippen molar-refractivity contribution in [1.82, 2.24) is 36.5 Å². The first-order valence-electron chi connectivity index (χ1n) is 20.3. The first-order valence-corrected chi connectivity index (χ1v) is 20.3. The number of amides is 7. The van der Waals surface area contributed by atoms with Crippen molar-refractivity contribution in [1.29, 1.82) is 0 Å². The van der Waals surface area contributed by atoms with Gasteiger partial charge in [0.05, 0.1) is 37.6 Å². The fourth-order valence-electron chi connectivity index (χ4n) is 6.89. The fourth-order valence-corrected chi connectivity index (χ4v) is 6.89. The molecule has 25 heteroatoms. The third kappa shape index (κ3) is 15.6. The zero-order chi connectivity index (χ0) is 47.7. The number of carboxylic acid groups (broad SMARTS) is 2. The zero-order valence-electron chi connectivity index (χ0n) is 35.0. The molecule has 0 radical (unpaired) electrons. The lowest BCUT2D eigenvalue weighted by Crippen LogP contribution is -2.78. The van der Waals surface area contributed by atoms with E-state index >= 15 is 0 Å². The Balaban J connectivity index is 1.95. The number of carbonyl (C=O) groups excluding carboxylic acids is 8. The molecule has 64 heavy (non-hydrogen) atoms. The maximum absolute atomic E-state index is 14.2. The smallest absolute Gasteiger partial charge is 0.338 e. The van der Waals surface area contributed by atoms with Gasteiger partial charge in [-0.15, -0.1) is 0 Å². The van der Waals surface area contributed by atoms with Crippen molar-refractivity contribution in [3.8, 4) is 0 Å². The number of nitrogens with zero attached hydrogens (tertiary/aromatic N) is 1. The Morgan fingerprint density at radius 3 is 2.05 bits per heavy atom. The van der Waals surface area contributed by atoms with Gasteiger partial charge >= 0.3 is 17.9 Å². The number of aromatic amines is 1.